The fourth-order valence-corrected chi connectivity index (χ4v) is 3.97. The van der Waals surface area contributed by atoms with Gasteiger partial charge in [0.05, 0.1) is 24.5 Å². The molecule has 0 bridgehead atoms. The normalized spacial score (nSPS) is 17.3. The Kier molecular flexibility index (Phi) is 4.00. The van der Waals surface area contributed by atoms with Crippen molar-refractivity contribution < 1.29 is 9.13 Å². The molecule has 1 atom stereocenters. The number of aryl methyl sites for hydroxylation is 1. The number of benzene rings is 1. The Hall–Kier alpha value is -3.43. The van der Waals surface area contributed by atoms with Crippen LogP contribution >= 0.6 is 0 Å². The second kappa shape index (κ2) is 6.57. The van der Waals surface area contributed by atoms with Gasteiger partial charge in [-0.25, -0.2) is 14.4 Å². The standard InChI is InChI=1S/C19H21FN8O/c1-26-10-12(8-22-26)27-5-3-4-11(9-27)17-24-18-13-6-14(20)16(29-2)7-15(13)23-19(21)28(18)25-17/h6-8,10-11H,3-5,9H2,1-2H3,(H2,21,23). The molecule has 4 heterocycles. The molecule has 1 fully saturated rings. The highest BCUT2D eigenvalue weighted by Crippen LogP contribution is 2.31. The van der Waals surface area contributed by atoms with Crippen molar-refractivity contribution in [1.82, 2.24) is 29.4 Å². The SMILES string of the molecule is COc1cc2nc(N)n3nc(C4CCCN(c5cnn(C)c5)C4)nc3c2cc1F. The number of rotatable bonds is 3. The quantitative estimate of drug-likeness (QED) is 0.566. The number of nitrogens with two attached hydrogens (primary N) is 1. The first kappa shape index (κ1) is 17.7. The van der Waals surface area contributed by atoms with E-state index in [2.05, 4.69) is 20.1 Å². The van der Waals surface area contributed by atoms with E-state index in [1.54, 1.807) is 4.68 Å². The Morgan fingerprint density at radius 1 is 1.28 bits per heavy atom. The Bertz CT molecular complexity index is 1220. The minimum Gasteiger partial charge on any atom is -0.494 e. The summed E-state index contributed by atoms with van der Waals surface area (Å²) < 4.78 is 22.6. The third kappa shape index (κ3) is 2.91. The van der Waals surface area contributed by atoms with Crippen molar-refractivity contribution in [2.24, 2.45) is 7.05 Å². The van der Waals surface area contributed by atoms with Crippen LogP contribution in [-0.4, -0.2) is 49.6 Å². The third-order valence-electron chi connectivity index (χ3n) is 5.43. The van der Waals surface area contributed by atoms with E-state index in [1.165, 1.54) is 23.8 Å². The largest absolute Gasteiger partial charge is 0.494 e. The van der Waals surface area contributed by atoms with Crippen LogP contribution in [0, 0.1) is 5.82 Å². The van der Waals surface area contributed by atoms with Crippen LogP contribution in [0.25, 0.3) is 16.6 Å². The lowest BCUT2D eigenvalue weighted by atomic mass is 9.97. The Labute approximate surface area is 165 Å². The molecular formula is C19H21FN8O. The third-order valence-corrected chi connectivity index (χ3v) is 5.43. The van der Waals surface area contributed by atoms with Crippen LogP contribution in [0.15, 0.2) is 24.5 Å². The van der Waals surface area contributed by atoms with Crippen molar-refractivity contribution in [2.45, 2.75) is 18.8 Å². The summed E-state index contributed by atoms with van der Waals surface area (Å²) in [5.74, 6) is 0.684. The van der Waals surface area contributed by atoms with Gasteiger partial charge in [-0.2, -0.15) is 9.61 Å². The van der Waals surface area contributed by atoms with Gasteiger partial charge in [-0.05, 0) is 18.9 Å². The fraction of sp³-hybridized carbons (Fsp3) is 0.368. The summed E-state index contributed by atoms with van der Waals surface area (Å²) in [6.45, 7) is 1.75. The van der Waals surface area contributed by atoms with Gasteiger partial charge in [0.25, 0.3) is 0 Å². The van der Waals surface area contributed by atoms with Crippen molar-refractivity contribution in [1.29, 1.82) is 0 Å². The van der Waals surface area contributed by atoms with Gasteiger partial charge in [0.15, 0.2) is 23.0 Å². The minimum atomic E-state index is -0.474. The number of halogens is 1. The van der Waals surface area contributed by atoms with Gasteiger partial charge in [-0.15, -0.1) is 5.10 Å². The summed E-state index contributed by atoms with van der Waals surface area (Å²) in [5.41, 5.74) is 8.22. The highest BCUT2D eigenvalue weighted by Gasteiger charge is 2.26. The molecule has 1 unspecified atom stereocenters. The molecule has 0 radical (unpaired) electrons. The summed E-state index contributed by atoms with van der Waals surface area (Å²) in [7, 11) is 3.32. The predicted molar refractivity (Wildman–Crippen MR) is 107 cm³/mol. The summed E-state index contributed by atoms with van der Waals surface area (Å²) in [5, 5.41) is 9.42. The van der Waals surface area contributed by atoms with Crippen LogP contribution in [-0.2, 0) is 7.05 Å². The van der Waals surface area contributed by atoms with Crippen LogP contribution in [0.2, 0.25) is 0 Å². The van der Waals surface area contributed by atoms with Gasteiger partial charge < -0.3 is 15.4 Å². The van der Waals surface area contributed by atoms with Gasteiger partial charge in [-0.1, -0.05) is 0 Å². The molecule has 9 nitrogen and oxygen atoms in total. The zero-order chi connectivity index (χ0) is 20.1. The number of anilines is 2. The van der Waals surface area contributed by atoms with Gasteiger partial charge in [-0.3, -0.25) is 4.68 Å². The molecule has 10 heteroatoms. The van der Waals surface area contributed by atoms with Crippen molar-refractivity contribution in [2.75, 3.05) is 30.8 Å². The second-order valence-corrected chi connectivity index (χ2v) is 7.34. The molecule has 0 aliphatic carbocycles. The van der Waals surface area contributed by atoms with Gasteiger partial charge in [0.1, 0.15) is 0 Å². The Morgan fingerprint density at radius 2 is 2.14 bits per heavy atom. The summed E-state index contributed by atoms with van der Waals surface area (Å²) in [6.07, 6.45) is 5.87. The van der Waals surface area contributed by atoms with Crippen molar-refractivity contribution >= 4 is 28.2 Å². The number of methoxy groups -OCH3 is 1. The molecule has 1 aliphatic rings. The lowest BCUT2D eigenvalue weighted by Crippen LogP contribution is -2.34. The highest BCUT2D eigenvalue weighted by molar-refractivity contribution is 5.93. The van der Waals surface area contributed by atoms with E-state index in [0.717, 1.165) is 31.6 Å². The predicted octanol–water partition coefficient (Wildman–Crippen LogP) is 2.12. The first-order chi connectivity index (χ1) is 14.0. The van der Waals surface area contributed by atoms with E-state index in [9.17, 15) is 4.39 Å². The molecule has 1 saturated heterocycles. The van der Waals surface area contributed by atoms with Crippen LogP contribution in [0.1, 0.15) is 24.6 Å². The van der Waals surface area contributed by atoms with Gasteiger partial charge in [0, 0.05) is 43.7 Å². The minimum absolute atomic E-state index is 0.118. The lowest BCUT2D eigenvalue weighted by Gasteiger charge is -2.32. The second-order valence-electron chi connectivity index (χ2n) is 7.34. The Balaban J connectivity index is 1.56. The average Bonchev–Trinajstić information content (AvgIpc) is 3.36. The zero-order valence-electron chi connectivity index (χ0n) is 16.2. The van der Waals surface area contributed by atoms with E-state index in [1.807, 2.05) is 19.4 Å². The number of fused-ring (bicyclic) bond motifs is 3. The fourth-order valence-electron chi connectivity index (χ4n) is 3.97. The smallest absolute Gasteiger partial charge is 0.223 e. The molecular weight excluding hydrogens is 375 g/mol. The molecule has 5 rings (SSSR count). The van der Waals surface area contributed by atoms with Crippen molar-refractivity contribution in [3.8, 4) is 5.75 Å². The summed E-state index contributed by atoms with van der Waals surface area (Å²) in [4.78, 5) is 11.4. The van der Waals surface area contributed by atoms with Crippen LogP contribution < -0.4 is 15.4 Å². The number of aromatic nitrogens is 6. The molecule has 4 aromatic rings. The summed E-state index contributed by atoms with van der Waals surface area (Å²) >= 11 is 0. The molecule has 0 spiro atoms. The zero-order valence-corrected chi connectivity index (χ0v) is 16.2. The van der Waals surface area contributed by atoms with Gasteiger partial charge in [0.2, 0.25) is 5.95 Å². The van der Waals surface area contributed by atoms with E-state index >= 15 is 0 Å². The molecule has 3 aromatic heterocycles. The van der Waals surface area contributed by atoms with E-state index in [0.29, 0.717) is 22.4 Å². The molecule has 29 heavy (non-hydrogen) atoms. The first-order valence-electron chi connectivity index (χ1n) is 9.46. The maximum Gasteiger partial charge on any atom is 0.223 e. The van der Waals surface area contributed by atoms with Gasteiger partial charge >= 0.3 is 0 Å². The van der Waals surface area contributed by atoms with Crippen LogP contribution in [0.3, 0.4) is 0 Å². The number of hydrogen-bond donors (Lipinski definition) is 1. The molecule has 1 aromatic carbocycles. The lowest BCUT2D eigenvalue weighted by molar-refractivity contribution is 0.387. The van der Waals surface area contributed by atoms with Crippen LogP contribution in [0.5, 0.6) is 5.75 Å². The monoisotopic (exact) mass is 396 g/mol. The number of nitrogen functional groups attached to an aromatic ring is 1. The van der Waals surface area contributed by atoms with E-state index < -0.39 is 5.82 Å². The number of nitrogens with zero attached hydrogens (tertiary/aromatic N) is 7. The van der Waals surface area contributed by atoms with Crippen LogP contribution in [0.4, 0.5) is 16.0 Å². The molecule has 1 aliphatic heterocycles. The number of piperidine rings is 1. The van der Waals surface area contributed by atoms with Crippen molar-refractivity contribution in [3.05, 3.63) is 36.2 Å². The Morgan fingerprint density at radius 3 is 2.90 bits per heavy atom. The number of hydrogen-bond acceptors (Lipinski definition) is 7. The molecule has 0 saturated carbocycles. The maximum atomic E-state index is 14.3. The van der Waals surface area contributed by atoms with E-state index in [-0.39, 0.29) is 17.6 Å². The van der Waals surface area contributed by atoms with Crippen molar-refractivity contribution in [3.63, 3.8) is 0 Å². The first-order valence-corrected chi connectivity index (χ1v) is 9.46. The molecule has 2 N–H and O–H groups in total. The topological polar surface area (TPSA) is 99.4 Å². The summed E-state index contributed by atoms with van der Waals surface area (Å²) in [6, 6.07) is 2.90. The maximum absolute atomic E-state index is 14.3. The number of ether oxygens (including phenoxy) is 1. The molecule has 150 valence electrons. The van der Waals surface area contributed by atoms with E-state index in [4.69, 9.17) is 15.5 Å². The highest BCUT2D eigenvalue weighted by atomic mass is 19.1. The average molecular weight is 396 g/mol. The molecule has 0 amide bonds.